The molecule has 2 nitrogen and oxygen atoms in total. The first-order chi connectivity index (χ1) is 5.81. The summed E-state index contributed by atoms with van der Waals surface area (Å²) in [6.07, 6.45) is 2.52. The summed E-state index contributed by atoms with van der Waals surface area (Å²) >= 11 is 0. The summed E-state index contributed by atoms with van der Waals surface area (Å²) in [6.45, 7) is 8.38. The van der Waals surface area contributed by atoms with Crippen molar-refractivity contribution in [3.8, 4) is 0 Å². The number of aldehydes is 1. The van der Waals surface area contributed by atoms with E-state index < -0.39 is 13.5 Å². The second-order valence-corrected chi connectivity index (χ2v) is 10.8. The highest BCUT2D eigenvalue weighted by Crippen LogP contribution is 2.44. The minimum Gasteiger partial charge on any atom is -0.302 e. The van der Waals surface area contributed by atoms with Gasteiger partial charge in [-0.15, -0.1) is 0 Å². The first kappa shape index (κ1) is 10.6. The maximum Gasteiger partial charge on any atom is 0.146 e. The van der Waals surface area contributed by atoms with Crippen LogP contribution in [0.15, 0.2) is 0 Å². The summed E-state index contributed by atoms with van der Waals surface area (Å²) in [5.41, 5.74) is -0.465. The molecular formula is C10H18O2Si. The van der Waals surface area contributed by atoms with Gasteiger partial charge >= 0.3 is 0 Å². The van der Waals surface area contributed by atoms with Crippen molar-refractivity contribution in [1.29, 1.82) is 0 Å². The maximum atomic E-state index is 11.9. The van der Waals surface area contributed by atoms with Crippen LogP contribution in [0.2, 0.25) is 25.2 Å². The molecule has 0 aromatic heterocycles. The van der Waals surface area contributed by atoms with E-state index in [-0.39, 0.29) is 11.3 Å². The van der Waals surface area contributed by atoms with E-state index in [1.165, 1.54) is 0 Å². The van der Waals surface area contributed by atoms with Crippen molar-refractivity contribution in [3.63, 3.8) is 0 Å². The molecule has 0 unspecified atom stereocenters. The molecule has 1 rings (SSSR count). The highest BCUT2D eigenvalue weighted by atomic mass is 28.3. The predicted molar refractivity (Wildman–Crippen MR) is 55.5 cm³/mol. The average Bonchev–Trinajstić information content (AvgIpc) is 2.29. The molecule has 74 valence electrons. The maximum absolute atomic E-state index is 11.9. The summed E-state index contributed by atoms with van der Waals surface area (Å²) in [5.74, 6) is 0.196. The molecule has 13 heavy (non-hydrogen) atoms. The number of hydrogen-bond donors (Lipinski definition) is 0. The summed E-state index contributed by atoms with van der Waals surface area (Å²) < 4.78 is 0. The number of rotatable bonds is 2. The van der Waals surface area contributed by atoms with E-state index in [4.69, 9.17) is 0 Å². The van der Waals surface area contributed by atoms with E-state index in [9.17, 15) is 9.59 Å². The topological polar surface area (TPSA) is 34.1 Å². The van der Waals surface area contributed by atoms with Gasteiger partial charge < -0.3 is 4.79 Å². The summed E-state index contributed by atoms with van der Waals surface area (Å²) in [4.78, 5) is 22.7. The smallest absolute Gasteiger partial charge is 0.146 e. The van der Waals surface area contributed by atoms with E-state index in [1.807, 2.05) is 0 Å². The van der Waals surface area contributed by atoms with Crippen LogP contribution in [0.3, 0.4) is 0 Å². The van der Waals surface area contributed by atoms with Crippen molar-refractivity contribution >= 4 is 20.1 Å². The zero-order chi connectivity index (χ0) is 10.3. The molecule has 0 heterocycles. The summed E-state index contributed by atoms with van der Waals surface area (Å²) in [6, 6.07) is 0. The van der Waals surface area contributed by atoms with Gasteiger partial charge in [0.1, 0.15) is 12.1 Å². The third-order valence-corrected chi connectivity index (χ3v) is 5.78. The standard InChI is InChI=1S/C10H18O2Si/c1-10(7-11)6-5-8(9(10)12)13(2,3)4/h7-8H,5-6H2,1-4H3/t8-,10+/m0/s1. The lowest BCUT2D eigenvalue weighted by Crippen LogP contribution is -2.35. The van der Waals surface area contributed by atoms with E-state index >= 15 is 0 Å². The molecule has 0 amide bonds. The lowest BCUT2D eigenvalue weighted by Gasteiger charge is -2.24. The molecule has 1 saturated carbocycles. The molecule has 0 saturated heterocycles. The van der Waals surface area contributed by atoms with Crippen molar-refractivity contribution in [3.05, 3.63) is 0 Å². The SMILES string of the molecule is C[C@]1(C=O)CC[C@H]([Si](C)(C)C)C1=O. The van der Waals surface area contributed by atoms with Gasteiger partial charge in [0.05, 0.1) is 13.5 Å². The Labute approximate surface area is 80.7 Å². The molecule has 0 radical (unpaired) electrons. The molecule has 1 aliphatic rings. The molecule has 3 heteroatoms. The van der Waals surface area contributed by atoms with Crippen LogP contribution < -0.4 is 0 Å². The van der Waals surface area contributed by atoms with Gasteiger partial charge in [0, 0.05) is 5.54 Å². The molecule has 0 aromatic rings. The first-order valence-corrected chi connectivity index (χ1v) is 8.40. The molecular weight excluding hydrogens is 180 g/mol. The third kappa shape index (κ3) is 1.75. The van der Waals surface area contributed by atoms with Gasteiger partial charge in [-0.2, -0.15) is 0 Å². The van der Waals surface area contributed by atoms with Crippen LogP contribution in [0.4, 0.5) is 0 Å². The Hall–Kier alpha value is -0.443. The molecule has 1 fully saturated rings. The molecule has 0 aromatic carbocycles. The van der Waals surface area contributed by atoms with Crippen molar-refractivity contribution in [2.24, 2.45) is 5.41 Å². The Balaban J connectivity index is 2.89. The quantitative estimate of drug-likeness (QED) is 0.387. The van der Waals surface area contributed by atoms with Gasteiger partial charge in [-0.1, -0.05) is 19.6 Å². The number of Topliss-reactive ketones (excluding diaryl/α,β-unsaturated/α-hetero) is 1. The fourth-order valence-electron chi connectivity index (χ4n) is 2.04. The third-order valence-electron chi connectivity index (χ3n) is 3.14. The van der Waals surface area contributed by atoms with E-state index in [0.29, 0.717) is 0 Å². The van der Waals surface area contributed by atoms with Gasteiger partial charge in [-0.3, -0.25) is 4.79 Å². The van der Waals surface area contributed by atoms with Crippen LogP contribution in [0.25, 0.3) is 0 Å². The highest BCUT2D eigenvalue weighted by molar-refractivity contribution is 6.81. The van der Waals surface area contributed by atoms with Gasteiger partial charge in [-0.05, 0) is 19.8 Å². The van der Waals surface area contributed by atoms with Gasteiger partial charge in [-0.25, -0.2) is 0 Å². The second kappa shape index (κ2) is 3.05. The number of carbonyl (C=O) groups excluding carboxylic acids is 2. The normalized spacial score (nSPS) is 35.1. The first-order valence-electron chi connectivity index (χ1n) is 4.82. The number of hydrogen-bond acceptors (Lipinski definition) is 2. The van der Waals surface area contributed by atoms with Gasteiger partial charge in [0.15, 0.2) is 0 Å². The van der Waals surface area contributed by atoms with Gasteiger partial charge in [0.2, 0.25) is 0 Å². The molecule has 0 bridgehead atoms. The minimum atomic E-state index is -1.40. The van der Waals surface area contributed by atoms with Crippen molar-refractivity contribution in [1.82, 2.24) is 0 Å². The van der Waals surface area contributed by atoms with Crippen LogP contribution in [0.5, 0.6) is 0 Å². The lowest BCUT2D eigenvalue weighted by molar-refractivity contribution is -0.130. The fraction of sp³-hybridized carbons (Fsp3) is 0.800. The Kier molecular flexibility index (Phi) is 2.49. The van der Waals surface area contributed by atoms with Crippen LogP contribution in [-0.4, -0.2) is 20.1 Å². The van der Waals surface area contributed by atoms with Crippen LogP contribution >= 0.6 is 0 Å². The van der Waals surface area contributed by atoms with E-state index in [2.05, 4.69) is 19.6 Å². The second-order valence-electron chi connectivity index (χ2n) is 5.36. The predicted octanol–water partition coefficient (Wildman–Crippen LogP) is 2.26. The average molecular weight is 198 g/mol. The molecule has 0 N–H and O–H groups in total. The van der Waals surface area contributed by atoms with Crippen LogP contribution in [0, 0.1) is 5.41 Å². The zero-order valence-corrected chi connectivity index (χ0v) is 9.89. The summed E-state index contributed by atoms with van der Waals surface area (Å²) in [5, 5.41) is 0. The van der Waals surface area contributed by atoms with Crippen LogP contribution in [0.1, 0.15) is 19.8 Å². The lowest BCUT2D eigenvalue weighted by atomic mass is 9.90. The Morgan fingerprint density at radius 3 is 2.23 bits per heavy atom. The molecule has 1 aliphatic carbocycles. The van der Waals surface area contributed by atoms with Crippen molar-refractivity contribution in [2.45, 2.75) is 44.9 Å². The Morgan fingerprint density at radius 2 is 2.00 bits per heavy atom. The fourth-order valence-corrected chi connectivity index (χ4v) is 4.17. The Bertz CT molecular complexity index is 242. The molecule has 2 atom stereocenters. The monoisotopic (exact) mass is 198 g/mol. The van der Waals surface area contributed by atoms with E-state index in [0.717, 1.165) is 19.1 Å². The van der Waals surface area contributed by atoms with Crippen LogP contribution in [-0.2, 0) is 9.59 Å². The Morgan fingerprint density at radius 1 is 1.46 bits per heavy atom. The zero-order valence-electron chi connectivity index (χ0n) is 8.89. The summed E-state index contributed by atoms with van der Waals surface area (Å²) in [7, 11) is -1.40. The number of carbonyl (C=O) groups is 2. The minimum absolute atomic E-state index is 0.196. The van der Waals surface area contributed by atoms with Crippen molar-refractivity contribution in [2.75, 3.05) is 0 Å². The molecule has 0 aliphatic heterocycles. The largest absolute Gasteiger partial charge is 0.302 e. The molecule has 0 spiro atoms. The number of ketones is 1. The highest BCUT2D eigenvalue weighted by Gasteiger charge is 2.48. The van der Waals surface area contributed by atoms with Gasteiger partial charge in [0.25, 0.3) is 0 Å². The van der Waals surface area contributed by atoms with Crippen molar-refractivity contribution < 1.29 is 9.59 Å². The van der Waals surface area contributed by atoms with E-state index in [1.54, 1.807) is 6.92 Å².